The smallest absolute Gasteiger partial charge is 0.224 e. The molecule has 1 aromatic rings. The standard InChI is InChI=1S/C16H25NO3/c1-12(2)16(3,11-18)17-15(19)9-13-6-5-7-14(8-13)10-20-4/h5-8,12,18H,9-11H2,1-4H3,(H,17,19)/t16-/m0/s1. The molecular formula is C16H25NO3. The molecule has 1 atom stereocenters. The Morgan fingerprint density at radius 3 is 2.60 bits per heavy atom. The second-order valence-electron chi connectivity index (χ2n) is 5.71. The fraction of sp³-hybridized carbons (Fsp3) is 0.562. The molecule has 0 unspecified atom stereocenters. The molecule has 0 aliphatic rings. The number of hydrogen-bond acceptors (Lipinski definition) is 3. The van der Waals surface area contributed by atoms with E-state index >= 15 is 0 Å². The Morgan fingerprint density at radius 2 is 2.05 bits per heavy atom. The van der Waals surface area contributed by atoms with Crippen LogP contribution in [0.5, 0.6) is 0 Å². The van der Waals surface area contributed by atoms with E-state index in [0.29, 0.717) is 13.0 Å². The number of amides is 1. The second kappa shape index (κ2) is 7.41. The molecule has 0 heterocycles. The van der Waals surface area contributed by atoms with Gasteiger partial charge in [0, 0.05) is 7.11 Å². The van der Waals surface area contributed by atoms with Gasteiger partial charge in [-0.1, -0.05) is 38.1 Å². The average Bonchev–Trinajstić information content (AvgIpc) is 2.39. The molecule has 1 aromatic carbocycles. The Kier molecular flexibility index (Phi) is 6.17. The number of carbonyl (C=O) groups excluding carboxylic acids is 1. The van der Waals surface area contributed by atoms with E-state index in [4.69, 9.17) is 4.74 Å². The number of benzene rings is 1. The van der Waals surface area contributed by atoms with Crippen LogP contribution in [0, 0.1) is 5.92 Å². The zero-order valence-electron chi connectivity index (χ0n) is 12.8. The molecule has 0 bridgehead atoms. The third-order valence-corrected chi connectivity index (χ3v) is 3.69. The topological polar surface area (TPSA) is 58.6 Å². The van der Waals surface area contributed by atoms with E-state index in [1.807, 2.05) is 45.0 Å². The third-order valence-electron chi connectivity index (χ3n) is 3.69. The summed E-state index contributed by atoms with van der Waals surface area (Å²) < 4.78 is 5.08. The van der Waals surface area contributed by atoms with Crippen LogP contribution < -0.4 is 5.32 Å². The van der Waals surface area contributed by atoms with Crippen LogP contribution >= 0.6 is 0 Å². The van der Waals surface area contributed by atoms with Gasteiger partial charge in [-0.05, 0) is 24.0 Å². The molecule has 0 aliphatic heterocycles. The van der Waals surface area contributed by atoms with Crippen molar-refractivity contribution in [2.24, 2.45) is 5.92 Å². The first-order valence-electron chi connectivity index (χ1n) is 6.90. The number of ether oxygens (including phenoxy) is 1. The first-order chi connectivity index (χ1) is 9.41. The molecule has 0 aliphatic carbocycles. The van der Waals surface area contributed by atoms with Crippen molar-refractivity contribution < 1.29 is 14.6 Å². The van der Waals surface area contributed by atoms with E-state index in [0.717, 1.165) is 11.1 Å². The van der Waals surface area contributed by atoms with Crippen LogP contribution in [-0.4, -0.2) is 30.3 Å². The fourth-order valence-electron chi connectivity index (χ4n) is 1.91. The predicted octanol–water partition coefficient (Wildman–Crippen LogP) is 1.90. The van der Waals surface area contributed by atoms with Crippen molar-refractivity contribution >= 4 is 5.91 Å². The molecule has 0 radical (unpaired) electrons. The molecule has 2 N–H and O–H groups in total. The van der Waals surface area contributed by atoms with Gasteiger partial charge in [-0.25, -0.2) is 0 Å². The zero-order valence-corrected chi connectivity index (χ0v) is 12.8. The number of nitrogens with one attached hydrogen (secondary N) is 1. The zero-order chi connectivity index (χ0) is 15.2. The van der Waals surface area contributed by atoms with Crippen molar-refractivity contribution in [1.82, 2.24) is 5.32 Å². The van der Waals surface area contributed by atoms with Crippen molar-refractivity contribution in [1.29, 1.82) is 0 Å². The quantitative estimate of drug-likeness (QED) is 0.801. The Morgan fingerprint density at radius 1 is 1.40 bits per heavy atom. The minimum atomic E-state index is -0.582. The van der Waals surface area contributed by atoms with Crippen LogP contribution in [-0.2, 0) is 22.6 Å². The highest BCUT2D eigenvalue weighted by molar-refractivity contribution is 5.79. The molecule has 0 aromatic heterocycles. The van der Waals surface area contributed by atoms with Crippen molar-refractivity contribution in [2.45, 2.75) is 39.3 Å². The van der Waals surface area contributed by atoms with E-state index < -0.39 is 5.54 Å². The Bertz CT molecular complexity index is 445. The highest BCUT2D eigenvalue weighted by Gasteiger charge is 2.29. The number of hydrogen-bond donors (Lipinski definition) is 2. The van der Waals surface area contributed by atoms with E-state index in [1.165, 1.54) is 0 Å². The summed E-state index contributed by atoms with van der Waals surface area (Å²) in [4.78, 5) is 12.1. The van der Waals surface area contributed by atoms with E-state index in [2.05, 4.69) is 5.32 Å². The van der Waals surface area contributed by atoms with Gasteiger partial charge in [0.15, 0.2) is 0 Å². The van der Waals surface area contributed by atoms with Crippen molar-refractivity contribution in [3.05, 3.63) is 35.4 Å². The van der Waals surface area contributed by atoms with E-state index in [1.54, 1.807) is 7.11 Å². The largest absolute Gasteiger partial charge is 0.394 e. The van der Waals surface area contributed by atoms with Gasteiger partial charge in [0.05, 0.1) is 25.2 Å². The Hall–Kier alpha value is -1.39. The summed E-state index contributed by atoms with van der Waals surface area (Å²) in [6.45, 7) is 6.29. The summed E-state index contributed by atoms with van der Waals surface area (Å²) in [6, 6.07) is 7.78. The lowest BCUT2D eigenvalue weighted by Crippen LogP contribution is -2.53. The Balaban J connectivity index is 2.68. The molecule has 1 amide bonds. The molecule has 4 heteroatoms. The molecular weight excluding hydrogens is 254 g/mol. The maximum atomic E-state index is 12.1. The van der Waals surface area contributed by atoms with Gasteiger partial charge < -0.3 is 15.2 Å². The first kappa shape index (κ1) is 16.7. The van der Waals surface area contributed by atoms with Gasteiger partial charge in [-0.3, -0.25) is 4.79 Å². The lowest BCUT2D eigenvalue weighted by atomic mass is 9.89. The highest BCUT2D eigenvalue weighted by Crippen LogP contribution is 2.16. The number of aliphatic hydroxyl groups is 1. The molecule has 0 saturated carbocycles. The molecule has 4 nitrogen and oxygen atoms in total. The lowest BCUT2D eigenvalue weighted by Gasteiger charge is -2.32. The molecule has 0 saturated heterocycles. The van der Waals surface area contributed by atoms with Gasteiger partial charge in [0.25, 0.3) is 0 Å². The summed E-state index contributed by atoms with van der Waals surface area (Å²) in [7, 11) is 1.65. The monoisotopic (exact) mass is 279 g/mol. The van der Waals surface area contributed by atoms with Crippen LogP contribution in [0.1, 0.15) is 31.9 Å². The maximum Gasteiger partial charge on any atom is 0.224 e. The van der Waals surface area contributed by atoms with Crippen LogP contribution in [0.25, 0.3) is 0 Å². The number of aliphatic hydroxyl groups excluding tert-OH is 1. The normalized spacial score (nSPS) is 14.1. The van der Waals surface area contributed by atoms with Gasteiger partial charge in [0.2, 0.25) is 5.91 Å². The van der Waals surface area contributed by atoms with Gasteiger partial charge in [-0.2, -0.15) is 0 Å². The van der Waals surface area contributed by atoms with E-state index in [-0.39, 0.29) is 18.4 Å². The second-order valence-corrected chi connectivity index (χ2v) is 5.71. The van der Waals surface area contributed by atoms with E-state index in [9.17, 15) is 9.90 Å². The average molecular weight is 279 g/mol. The molecule has 1 rings (SSSR count). The number of methoxy groups -OCH3 is 1. The highest BCUT2D eigenvalue weighted by atomic mass is 16.5. The summed E-state index contributed by atoms with van der Waals surface area (Å²) in [5.74, 6) is 0.0843. The van der Waals surface area contributed by atoms with Crippen molar-refractivity contribution in [3.63, 3.8) is 0 Å². The number of carbonyl (C=O) groups is 1. The summed E-state index contributed by atoms with van der Waals surface area (Å²) in [5, 5.41) is 12.4. The predicted molar refractivity (Wildman–Crippen MR) is 79.3 cm³/mol. The van der Waals surface area contributed by atoms with Crippen LogP contribution in [0.4, 0.5) is 0 Å². The van der Waals surface area contributed by atoms with Crippen LogP contribution in [0.15, 0.2) is 24.3 Å². The molecule has 0 spiro atoms. The van der Waals surface area contributed by atoms with Crippen molar-refractivity contribution in [3.8, 4) is 0 Å². The minimum absolute atomic E-state index is 0.0693. The van der Waals surface area contributed by atoms with Gasteiger partial charge in [0.1, 0.15) is 0 Å². The van der Waals surface area contributed by atoms with Crippen LogP contribution in [0.2, 0.25) is 0 Å². The minimum Gasteiger partial charge on any atom is -0.394 e. The third kappa shape index (κ3) is 4.62. The maximum absolute atomic E-state index is 12.1. The van der Waals surface area contributed by atoms with Gasteiger partial charge in [-0.15, -0.1) is 0 Å². The van der Waals surface area contributed by atoms with Gasteiger partial charge >= 0.3 is 0 Å². The van der Waals surface area contributed by atoms with Crippen LogP contribution in [0.3, 0.4) is 0 Å². The summed E-state index contributed by atoms with van der Waals surface area (Å²) in [6.07, 6.45) is 0.305. The number of rotatable bonds is 7. The fourth-order valence-corrected chi connectivity index (χ4v) is 1.91. The lowest BCUT2D eigenvalue weighted by molar-refractivity contribution is -0.123. The first-order valence-corrected chi connectivity index (χ1v) is 6.90. The Labute approximate surface area is 121 Å². The summed E-state index contributed by atoms with van der Waals surface area (Å²) in [5.41, 5.74) is 1.41. The SMILES string of the molecule is COCc1cccc(CC(=O)N[C@@](C)(CO)C(C)C)c1. The molecule has 0 fully saturated rings. The summed E-state index contributed by atoms with van der Waals surface area (Å²) >= 11 is 0. The van der Waals surface area contributed by atoms with Crippen molar-refractivity contribution in [2.75, 3.05) is 13.7 Å². The molecule has 20 heavy (non-hydrogen) atoms. The molecule has 112 valence electrons.